The highest BCUT2D eigenvalue weighted by Gasteiger charge is 2.20. The van der Waals surface area contributed by atoms with E-state index < -0.39 is 0 Å². The van der Waals surface area contributed by atoms with Crippen molar-refractivity contribution in [1.82, 2.24) is 20.1 Å². The number of aromatic nitrogens is 3. The van der Waals surface area contributed by atoms with Gasteiger partial charge in [0.1, 0.15) is 12.2 Å². The van der Waals surface area contributed by atoms with Gasteiger partial charge in [-0.1, -0.05) is 28.1 Å². The SMILES string of the molecule is C[C@@H](Cc1ccc(Br)cc1)N[C@@H]1CCc2ncnn2C1. The number of hydrogen-bond donors (Lipinski definition) is 1. The van der Waals surface area contributed by atoms with E-state index in [1.54, 1.807) is 6.33 Å². The topological polar surface area (TPSA) is 42.7 Å². The van der Waals surface area contributed by atoms with Crippen molar-refractivity contribution in [3.8, 4) is 0 Å². The maximum Gasteiger partial charge on any atom is 0.138 e. The largest absolute Gasteiger partial charge is 0.309 e. The van der Waals surface area contributed by atoms with Crippen LogP contribution in [0.5, 0.6) is 0 Å². The quantitative estimate of drug-likeness (QED) is 0.934. The van der Waals surface area contributed by atoms with Crippen molar-refractivity contribution in [2.24, 2.45) is 0 Å². The van der Waals surface area contributed by atoms with Crippen LogP contribution in [0.2, 0.25) is 0 Å². The molecule has 0 saturated heterocycles. The summed E-state index contributed by atoms with van der Waals surface area (Å²) < 4.78 is 3.15. The summed E-state index contributed by atoms with van der Waals surface area (Å²) in [6.07, 6.45) is 4.86. The van der Waals surface area contributed by atoms with E-state index in [9.17, 15) is 0 Å². The second-order valence-electron chi connectivity index (χ2n) is 5.49. The van der Waals surface area contributed by atoms with Crippen molar-refractivity contribution in [3.05, 3.63) is 46.5 Å². The summed E-state index contributed by atoms with van der Waals surface area (Å²) in [4.78, 5) is 4.27. The maximum atomic E-state index is 4.27. The van der Waals surface area contributed by atoms with Gasteiger partial charge in [-0.2, -0.15) is 5.10 Å². The van der Waals surface area contributed by atoms with Crippen molar-refractivity contribution < 1.29 is 0 Å². The molecule has 0 radical (unpaired) electrons. The molecule has 0 aliphatic carbocycles. The minimum atomic E-state index is 0.464. The maximum absolute atomic E-state index is 4.27. The number of halogens is 1. The van der Waals surface area contributed by atoms with E-state index >= 15 is 0 Å². The van der Waals surface area contributed by atoms with Crippen LogP contribution in [-0.2, 0) is 19.4 Å². The van der Waals surface area contributed by atoms with Gasteiger partial charge in [0.25, 0.3) is 0 Å². The molecule has 4 nitrogen and oxygen atoms in total. The molecule has 1 N–H and O–H groups in total. The zero-order valence-corrected chi connectivity index (χ0v) is 13.2. The minimum Gasteiger partial charge on any atom is -0.309 e. The fraction of sp³-hybridized carbons (Fsp3) is 0.467. The Kier molecular flexibility index (Phi) is 4.17. The van der Waals surface area contributed by atoms with Crippen LogP contribution in [0.15, 0.2) is 35.1 Å². The molecule has 0 amide bonds. The van der Waals surface area contributed by atoms with E-state index in [1.165, 1.54) is 5.56 Å². The van der Waals surface area contributed by atoms with Crippen LogP contribution in [-0.4, -0.2) is 26.8 Å². The normalized spacial score (nSPS) is 19.6. The molecular formula is C15H19BrN4. The van der Waals surface area contributed by atoms with Crippen LogP contribution < -0.4 is 5.32 Å². The van der Waals surface area contributed by atoms with E-state index in [4.69, 9.17) is 0 Å². The first-order chi connectivity index (χ1) is 9.70. The zero-order valence-electron chi connectivity index (χ0n) is 11.6. The van der Waals surface area contributed by atoms with Gasteiger partial charge in [0.15, 0.2) is 0 Å². The first kappa shape index (κ1) is 13.8. The predicted octanol–water partition coefficient (Wildman–Crippen LogP) is 2.58. The van der Waals surface area contributed by atoms with E-state index in [1.807, 2.05) is 4.68 Å². The molecule has 2 aromatic rings. The third-order valence-electron chi connectivity index (χ3n) is 3.78. The number of nitrogens with one attached hydrogen (secondary N) is 1. The molecule has 2 atom stereocenters. The molecule has 106 valence electrons. The van der Waals surface area contributed by atoms with Gasteiger partial charge in [-0.15, -0.1) is 0 Å². The lowest BCUT2D eigenvalue weighted by atomic mass is 10.0. The second kappa shape index (κ2) is 6.06. The molecule has 0 fully saturated rings. The standard InChI is InChI=1S/C15H19BrN4/c1-11(8-12-2-4-13(16)5-3-12)19-14-6-7-15-17-10-18-20(15)9-14/h2-5,10-11,14,19H,6-9H2,1H3/t11-,14+/m0/s1. The lowest BCUT2D eigenvalue weighted by molar-refractivity contribution is 0.331. The molecular weight excluding hydrogens is 316 g/mol. The minimum absolute atomic E-state index is 0.464. The van der Waals surface area contributed by atoms with Crippen LogP contribution in [0.1, 0.15) is 24.7 Å². The number of hydrogen-bond acceptors (Lipinski definition) is 3. The van der Waals surface area contributed by atoms with Crippen molar-refractivity contribution >= 4 is 15.9 Å². The molecule has 1 aromatic carbocycles. The summed E-state index contributed by atoms with van der Waals surface area (Å²) in [6, 6.07) is 9.52. The number of fused-ring (bicyclic) bond motifs is 1. The van der Waals surface area contributed by atoms with Gasteiger partial charge in [-0.25, -0.2) is 9.67 Å². The predicted molar refractivity (Wildman–Crippen MR) is 82.6 cm³/mol. The molecule has 1 aliphatic heterocycles. The van der Waals surface area contributed by atoms with Crippen LogP contribution in [0, 0.1) is 0 Å². The summed E-state index contributed by atoms with van der Waals surface area (Å²) in [5.41, 5.74) is 1.37. The Bertz CT molecular complexity index is 564. The average Bonchev–Trinajstić information content (AvgIpc) is 2.89. The van der Waals surface area contributed by atoms with Crippen LogP contribution in [0.25, 0.3) is 0 Å². The Balaban J connectivity index is 1.54. The number of nitrogens with zero attached hydrogens (tertiary/aromatic N) is 3. The van der Waals surface area contributed by atoms with E-state index in [0.717, 1.165) is 36.1 Å². The third kappa shape index (κ3) is 3.27. The Labute approximate surface area is 127 Å². The summed E-state index contributed by atoms with van der Waals surface area (Å²) in [5.74, 6) is 1.11. The fourth-order valence-electron chi connectivity index (χ4n) is 2.81. The average molecular weight is 335 g/mol. The summed E-state index contributed by atoms with van der Waals surface area (Å²) in [6.45, 7) is 3.18. The molecule has 0 bridgehead atoms. The van der Waals surface area contributed by atoms with Gasteiger partial charge in [0.05, 0.1) is 6.54 Å². The Morgan fingerprint density at radius 3 is 3.00 bits per heavy atom. The Morgan fingerprint density at radius 1 is 1.40 bits per heavy atom. The van der Waals surface area contributed by atoms with Crippen molar-refractivity contribution in [2.45, 2.75) is 44.8 Å². The van der Waals surface area contributed by atoms with Gasteiger partial charge < -0.3 is 5.32 Å². The number of benzene rings is 1. The van der Waals surface area contributed by atoms with Crippen LogP contribution in [0.4, 0.5) is 0 Å². The molecule has 5 heteroatoms. The number of aryl methyl sites for hydroxylation is 1. The molecule has 3 rings (SSSR count). The highest BCUT2D eigenvalue weighted by Crippen LogP contribution is 2.14. The summed E-state index contributed by atoms with van der Waals surface area (Å²) in [5, 5.41) is 7.98. The van der Waals surface area contributed by atoms with Crippen molar-refractivity contribution in [2.75, 3.05) is 0 Å². The molecule has 0 unspecified atom stereocenters. The Morgan fingerprint density at radius 2 is 2.20 bits per heavy atom. The van der Waals surface area contributed by atoms with Crippen molar-refractivity contribution in [3.63, 3.8) is 0 Å². The summed E-state index contributed by atoms with van der Waals surface area (Å²) in [7, 11) is 0. The lowest BCUT2D eigenvalue weighted by Crippen LogP contribution is -2.43. The first-order valence-corrected chi connectivity index (χ1v) is 7.87. The van der Waals surface area contributed by atoms with Gasteiger partial charge in [-0.3, -0.25) is 0 Å². The second-order valence-corrected chi connectivity index (χ2v) is 6.41. The molecule has 1 aliphatic rings. The molecule has 2 heterocycles. The zero-order chi connectivity index (χ0) is 13.9. The van der Waals surface area contributed by atoms with E-state index in [0.29, 0.717) is 12.1 Å². The lowest BCUT2D eigenvalue weighted by Gasteiger charge is -2.27. The van der Waals surface area contributed by atoms with Gasteiger partial charge >= 0.3 is 0 Å². The molecule has 0 spiro atoms. The van der Waals surface area contributed by atoms with Gasteiger partial charge in [0, 0.05) is 23.0 Å². The van der Waals surface area contributed by atoms with Crippen LogP contribution in [0.3, 0.4) is 0 Å². The molecule has 20 heavy (non-hydrogen) atoms. The summed E-state index contributed by atoms with van der Waals surface area (Å²) >= 11 is 3.47. The van der Waals surface area contributed by atoms with Gasteiger partial charge in [-0.05, 0) is 37.5 Å². The molecule has 1 aromatic heterocycles. The first-order valence-electron chi connectivity index (χ1n) is 7.08. The third-order valence-corrected chi connectivity index (χ3v) is 4.31. The number of rotatable bonds is 4. The highest BCUT2D eigenvalue weighted by molar-refractivity contribution is 9.10. The molecule has 0 saturated carbocycles. The Hall–Kier alpha value is -1.20. The van der Waals surface area contributed by atoms with E-state index in [2.05, 4.69) is 62.5 Å². The van der Waals surface area contributed by atoms with Crippen LogP contribution >= 0.6 is 15.9 Å². The van der Waals surface area contributed by atoms with E-state index in [-0.39, 0.29) is 0 Å². The smallest absolute Gasteiger partial charge is 0.138 e. The highest BCUT2D eigenvalue weighted by atomic mass is 79.9. The monoisotopic (exact) mass is 334 g/mol. The fourth-order valence-corrected chi connectivity index (χ4v) is 3.07. The van der Waals surface area contributed by atoms with Crippen molar-refractivity contribution in [1.29, 1.82) is 0 Å². The van der Waals surface area contributed by atoms with Gasteiger partial charge in [0.2, 0.25) is 0 Å².